The second-order valence-corrected chi connectivity index (χ2v) is 3.80. The molecule has 0 N–H and O–H groups in total. The molecule has 3 aromatic rings. The largest absolute Gasteiger partial charge is 0.252 e. The van der Waals surface area contributed by atoms with E-state index in [2.05, 4.69) is 41.3 Å². The number of aryl methyl sites for hydroxylation is 1. The van der Waals surface area contributed by atoms with E-state index in [0.29, 0.717) is 0 Å². The van der Waals surface area contributed by atoms with Crippen molar-refractivity contribution in [1.82, 2.24) is 14.6 Å². The van der Waals surface area contributed by atoms with Crippen LogP contribution in [-0.4, -0.2) is 14.6 Å². The summed E-state index contributed by atoms with van der Waals surface area (Å²) in [4.78, 5) is 4.42. The Kier molecular flexibility index (Phi) is 1.96. The second kappa shape index (κ2) is 3.45. The van der Waals surface area contributed by atoms with Gasteiger partial charge in [0.25, 0.3) is 0 Å². The van der Waals surface area contributed by atoms with E-state index in [1.165, 1.54) is 5.56 Å². The van der Waals surface area contributed by atoms with Crippen molar-refractivity contribution in [3.8, 4) is 11.3 Å². The fraction of sp³-hybridized carbons (Fsp3) is 0.0769. The Morgan fingerprint density at radius 2 is 1.81 bits per heavy atom. The Morgan fingerprint density at radius 3 is 2.62 bits per heavy atom. The van der Waals surface area contributed by atoms with Crippen molar-refractivity contribution >= 4 is 5.52 Å². The van der Waals surface area contributed by atoms with E-state index < -0.39 is 0 Å². The Hall–Kier alpha value is -2.16. The average molecular weight is 209 g/mol. The van der Waals surface area contributed by atoms with Gasteiger partial charge in [-0.3, -0.25) is 4.98 Å². The van der Waals surface area contributed by atoms with Crippen LogP contribution in [0.1, 0.15) is 5.56 Å². The molecule has 0 aliphatic carbocycles. The van der Waals surface area contributed by atoms with Crippen LogP contribution in [0.15, 0.2) is 48.9 Å². The van der Waals surface area contributed by atoms with Gasteiger partial charge in [-0.05, 0) is 13.0 Å². The zero-order chi connectivity index (χ0) is 11.0. The summed E-state index contributed by atoms with van der Waals surface area (Å²) in [5, 5.41) is 4.20. The summed E-state index contributed by atoms with van der Waals surface area (Å²) < 4.78 is 1.84. The van der Waals surface area contributed by atoms with E-state index in [-0.39, 0.29) is 0 Å². The third-order valence-corrected chi connectivity index (χ3v) is 2.65. The molecule has 3 nitrogen and oxygen atoms in total. The van der Waals surface area contributed by atoms with E-state index in [9.17, 15) is 0 Å². The Labute approximate surface area is 93.4 Å². The highest BCUT2D eigenvalue weighted by molar-refractivity contribution is 5.76. The predicted molar refractivity (Wildman–Crippen MR) is 63.2 cm³/mol. The first-order chi connectivity index (χ1) is 7.84. The van der Waals surface area contributed by atoms with Crippen LogP contribution >= 0.6 is 0 Å². The lowest BCUT2D eigenvalue weighted by Crippen LogP contribution is -1.91. The Bertz CT molecular complexity index is 623. The summed E-state index contributed by atoms with van der Waals surface area (Å²) in [6.45, 7) is 2.08. The molecule has 0 saturated carbocycles. The van der Waals surface area contributed by atoms with Crippen LogP contribution in [-0.2, 0) is 0 Å². The fourth-order valence-electron chi connectivity index (χ4n) is 1.79. The van der Waals surface area contributed by atoms with Crippen molar-refractivity contribution in [2.75, 3.05) is 0 Å². The summed E-state index contributed by atoms with van der Waals surface area (Å²) in [6, 6.07) is 10.3. The summed E-state index contributed by atoms with van der Waals surface area (Å²) in [5.74, 6) is 0. The van der Waals surface area contributed by atoms with Gasteiger partial charge >= 0.3 is 0 Å². The van der Waals surface area contributed by atoms with Crippen LogP contribution < -0.4 is 0 Å². The van der Waals surface area contributed by atoms with Crippen molar-refractivity contribution in [2.24, 2.45) is 0 Å². The van der Waals surface area contributed by atoms with Crippen LogP contribution in [0.5, 0.6) is 0 Å². The summed E-state index contributed by atoms with van der Waals surface area (Å²) in [7, 11) is 0. The van der Waals surface area contributed by atoms with Gasteiger partial charge < -0.3 is 0 Å². The Balaban J connectivity index is 2.25. The predicted octanol–water partition coefficient (Wildman–Crippen LogP) is 2.70. The molecule has 0 radical (unpaired) electrons. The number of hydrogen-bond acceptors (Lipinski definition) is 2. The molecule has 0 saturated heterocycles. The monoisotopic (exact) mass is 209 g/mol. The van der Waals surface area contributed by atoms with E-state index >= 15 is 0 Å². The SMILES string of the molecule is Cc1ccc(-c2nccn3nccc23)cc1. The zero-order valence-electron chi connectivity index (χ0n) is 8.96. The number of benzene rings is 1. The molecule has 0 fully saturated rings. The van der Waals surface area contributed by atoms with Gasteiger partial charge in [0.05, 0.1) is 17.4 Å². The lowest BCUT2D eigenvalue weighted by Gasteiger charge is -2.03. The normalized spacial score (nSPS) is 10.8. The van der Waals surface area contributed by atoms with Crippen molar-refractivity contribution in [3.63, 3.8) is 0 Å². The number of nitrogens with zero attached hydrogens (tertiary/aromatic N) is 3. The molecule has 16 heavy (non-hydrogen) atoms. The highest BCUT2D eigenvalue weighted by Gasteiger charge is 2.04. The maximum absolute atomic E-state index is 4.42. The minimum absolute atomic E-state index is 0.972. The van der Waals surface area contributed by atoms with Crippen molar-refractivity contribution in [1.29, 1.82) is 0 Å². The highest BCUT2D eigenvalue weighted by atomic mass is 15.2. The first-order valence-corrected chi connectivity index (χ1v) is 5.20. The molecule has 3 heteroatoms. The molecule has 0 aliphatic rings. The van der Waals surface area contributed by atoms with E-state index in [4.69, 9.17) is 0 Å². The Morgan fingerprint density at radius 1 is 1.00 bits per heavy atom. The van der Waals surface area contributed by atoms with Crippen LogP contribution in [0.25, 0.3) is 16.8 Å². The van der Waals surface area contributed by atoms with Gasteiger partial charge in [-0.25, -0.2) is 4.52 Å². The average Bonchev–Trinajstić information content (AvgIpc) is 2.78. The number of fused-ring (bicyclic) bond motifs is 1. The van der Waals surface area contributed by atoms with Gasteiger partial charge in [0, 0.05) is 18.0 Å². The van der Waals surface area contributed by atoms with Gasteiger partial charge in [0.15, 0.2) is 0 Å². The number of hydrogen-bond donors (Lipinski definition) is 0. The van der Waals surface area contributed by atoms with Crippen molar-refractivity contribution in [3.05, 3.63) is 54.5 Å². The molecule has 0 amide bonds. The van der Waals surface area contributed by atoms with Gasteiger partial charge in [0.1, 0.15) is 0 Å². The molecule has 1 aromatic carbocycles. The maximum Gasteiger partial charge on any atom is 0.0960 e. The minimum atomic E-state index is 0.972. The van der Waals surface area contributed by atoms with E-state index in [0.717, 1.165) is 16.8 Å². The zero-order valence-corrected chi connectivity index (χ0v) is 8.96. The van der Waals surface area contributed by atoms with Crippen LogP contribution in [0.2, 0.25) is 0 Å². The van der Waals surface area contributed by atoms with Crippen LogP contribution in [0.4, 0.5) is 0 Å². The lowest BCUT2D eigenvalue weighted by atomic mass is 10.1. The van der Waals surface area contributed by atoms with Gasteiger partial charge in [0.2, 0.25) is 0 Å². The third-order valence-electron chi connectivity index (χ3n) is 2.65. The molecule has 2 aromatic heterocycles. The van der Waals surface area contributed by atoms with E-state index in [1.807, 2.05) is 16.8 Å². The molecule has 78 valence electrons. The minimum Gasteiger partial charge on any atom is -0.252 e. The second-order valence-electron chi connectivity index (χ2n) is 3.80. The van der Waals surface area contributed by atoms with Gasteiger partial charge in [-0.2, -0.15) is 5.10 Å². The molecule has 2 heterocycles. The molecule has 3 rings (SSSR count). The smallest absolute Gasteiger partial charge is 0.0960 e. The maximum atomic E-state index is 4.42. The molecule has 0 atom stereocenters. The standard InChI is InChI=1S/C13H11N3/c1-10-2-4-11(5-3-10)13-12-6-7-15-16(12)9-8-14-13/h2-9H,1H3. The summed E-state index contributed by atoms with van der Waals surface area (Å²) in [6.07, 6.45) is 5.41. The van der Waals surface area contributed by atoms with Gasteiger partial charge in [-0.1, -0.05) is 29.8 Å². The third kappa shape index (κ3) is 1.37. The molecule has 0 aliphatic heterocycles. The van der Waals surface area contributed by atoms with Gasteiger partial charge in [-0.15, -0.1) is 0 Å². The topological polar surface area (TPSA) is 30.2 Å². The summed E-state index contributed by atoms with van der Waals surface area (Å²) >= 11 is 0. The van der Waals surface area contributed by atoms with Crippen molar-refractivity contribution < 1.29 is 0 Å². The van der Waals surface area contributed by atoms with E-state index in [1.54, 1.807) is 12.4 Å². The van der Waals surface area contributed by atoms with Crippen LogP contribution in [0.3, 0.4) is 0 Å². The lowest BCUT2D eigenvalue weighted by molar-refractivity contribution is 0.948. The molecule has 0 bridgehead atoms. The summed E-state index contributed by atoms with van der Waals surface area (Å²) in [5.41, 5.74) is 4.38. The first-order valence-electron chi connectivity index (χ1n) is 5.20. The quantitative estimate of drug-likeness (QED) is 0.616. The highest BCUT2D eigenvalue weighted by Crippen LogP contribution is 2.21. The molecular weight excluding hydrogens is 198 g/mol. The molecule has 0 spiro atoms. The van der Waals surface area contributed by atoms with Crippen LogP contribution in [0, 0.1) is 6.92 Å². The first kappa shape index (κ1) is 9.09. The van der Waals surface area contributed by atoms with Crippen molar-refractivity contribution in [2.45, 2.75) is 6.92 Å². The number of rotatable bonds is 1. The molecular formula is C13H11N3. The number of aromatic nitrogens is 3. The molecule has 0 unspecified atom stereocenters. The fourth-order valence-corrected chi connectivity index (χ4v) is 1.79.